The van der Waals surface area contributed by atoms with Crippen LogP contribution < -0.4 is 0 Å². The van der Waals surface area contributed by atoms with Crippen molar-refractivity contribution in [2.24, 2.45) is 0 Å². The molecule has 3 aromatic rings. The van der Waals surface area contributed by atoms with Crippen molar-refractivity contribution < 1.29 is 28.5 Å². The highest BCUT2D eigenvalue weighted by Gasteiger charge is 2.52. The summed E-state index contributed by atoms with van der Waals surface area (Å²) in [4.78, 5) is 14.1. The zero-order valence-corrected chi connectivity index (χ0v) is 20.5. The van der Waals surface area contributed by atoms with E-state index in [0.29, 0.717) is 12.2 Å². The zero-order valence-electron chi connectivity index (χ0n) is 19.7. The minimum Gasteiger partial charge on any atom is -0.452 e. The second-order valence-electron chi connectivity index (χ2n) is 8.47. The van der Waals surface area contributed by atoms with Crippen LogP contribution in [0.15, 0.2) is 109 Å². The smallest absolute Gasteiger partial charge is 0.338 e. The summed E-state index contributed by atoms with van der Waals surface area (Å²) in [5.41, 5.74) is 0.828. The van der Waals surface area contributed by atoms with E-state index in [1.54, 1.807) is 30.3 Å². The predicted molar refractivity (Wildman–Crippen MR) is 137 cm³/mol. The molecular formula is C29H28O6S. The maximum atomic E-state index is 13.1. The molecule has 0 bridgehead atoms. The van der Waals surface area contributed by atoms with Gasteiger partial charge in [-0.3, -0.25) is 0 Å². The van der Waals surface area contributed by atoms with E-state index in [1.165, 1.54) is 11.8 Å². The Balaban J connectivity index is 1.45. The summed E-state index contributed by atoms with van der Waals surface area (Å²) < 4.78 is 31.2. The van der Waals surface area contributed by atoms with Crippen LogP contribution >= 0.6 is 11.8 Å². The summed E-state index contributed by atoms with van der Waals surface area (Å²) in [5.74, 6) is -0.444. The molecular weight excluding hydrogens is 476 g/mol. The Morgan fingerprint density at radius 3 is 2.28 bits per heavy atom. The van der Waals surface area contributed by atoms with E-state index in [1.807, 2.05) is 66.7 Å². The normalized spacial score (nSPS) is 27.6. The molecule has 6 nitrogen and oxygen atoms in total. The Hall–Kier alpha value is -2.94. The van der Waals surface area contributed by atoms with Gasteiger partial charge in [-0.1, -0.05) is 84.6 Å². The first-order valence-corrected chi connectivity index (χ1v) is 12.8. The van der Waals surface area contributed by atoms with Gasteiger partial charge in [0.05, 0.1) is 18.8 Å². The molecule has 0 saturated carbocycles. The Morgan fingerprint density at radius 2 is 1.58 bits per heavy atom. The van der Waals surface area contributed by atoms with Crippen LogP contribution in [0.2, 0.25) is 0 Å². The van der Waals surface area contributed by atoms with Crippen molar-refractivity contribution >= 4 is 17.7 Å². The summed E-state index contributed by atoms with van der Waals surface area (Å²) in [6.07, 6.45) is -1.13. The Kier molecular flexibility index (Phi) is 8.15. The fourth-order valence-corrected chi connectivity index (χ4v) is 5.44. The van der Waals surface area contributed by atoms with Crippen LogP contribution in [0, 0.1) is 0 Å². The molecule has 36 heavy (non-hydrogen) atoms. The lowest BCUT2D eigenvalue weighted by Gasteiger charge is -2.48. The van der Waals surface area contributed by atoms with Crippen LogP contribution in [0.25, 0.3) is 0 Å². The number of hydrogen-bond acceptors (Lipinski definition) is 7. The number of carbonyl (C=O) groups is 1. The van der Waals surface area contributed by atoms with Gasteiger partial charge >= 0.3 is 5.97 Å². The minimum absolute atomic E-state index is 0.274. The number of rotatable bonds is 8. The molecule has 2 aliphatic rings. The lowest BCUT2D eigenvalue weighted by atomic mass is 9.98. The molecule has 2 fully saturated rings. The standard InChI is InChI=1S/C29H28O6S/c1-2-18-31-25-24-23(19-32-28(35-24)21-14-8-4-9-15-21)33-29(36-22-16-10-5-11-17-22)26(25)34-27(30)20-12-6-3-7-13-20/h2-17,23-26,28-29H,1,18-19H2/t23?,24-,25?,26?,28?,29-/m0/s1. The molecule has 0 spiro atoms. The number of ether oxygens (including phenoxy) is 5. The van der Waals surface area contributed by atoms with Crippen molar-refractivity contribution in [1.29, 1.82) is 0 Å². The number of fused-ring (bicyclic) bond motifs is 1. The average Bonchev–Trinajstić information content (AvgIpc) is 2.94. The zero-order chi connectivity index (χ0) is 24.7. The van der Waals surface area contributed by atoms with Crippen molar-refractivity contribution in [2.75, 3.05) is 13.2 Å². The van der Waals surface area contributed by atoms with Crippen molar-refractivity contribution in [3.05, 3.63) is 115 Å². The van der Waals surface area contributed by atoms with E-state index in [-0.39, 0.29) is 6.61 Å². The van der Waals surface area contributed by atoms with Crippen molar-refractivity contribution in [3.63, 3.8) is 0 Å². The molecule has 0 amide bonds. The quantitative estimate of drug-likeness (QED) is 0.300. The Labute approximate surface area is 215 Å². The van der Waals surface area contributed by atoms with Crippen molar-refractivity contribution in [1.82, 2.24) is 0 Å². The molecule has 7 heteroatoms. The maximum Gasteiger partial charge on any atom is 0.338 e. The summed E-state index contributed by atoms with van der Waals surface area (Å²) >= 11 is 1.48. The third-order valence-electron chi connectivity index (χ3n) is 6.01. The lowest BCUT2D eigenvalue weighted by Crippen LogP contribution is -2.62. The molecule has 0 N–H and O–H groups in total. The maximum absolute atomic E-state index is 13.1. The van der Waals surface area contributed by atoms with Gasteiger partial charge in [0.1, 0.15) is 23.7 Å². The Bertz CT molecular complexity index is 1130. The van der Waals surface area contributed by atoms with E-state index >= 15 is 0 Å². The first-order chi connectivity index (χ1) is 17.7. The second kappa shape index (κ2) is 11.9. The van der Waals surface area contributed by atoms with Crippen LogP contribution in [0.4, 0.5) is 0 Å². The van der Waals surface area contributed by atoms with Gasteiger partial charge in [-0.2, -0.15) is 0 Å². The first-order valence-electron chi connectivity index (χ1n) is 11.9. The largest absolute Gasteiger partial charge is 0.452 e. The highest BCUT2D eigenvalue weighted by Crippen LogP contribution is 2.41. The molecule has 2 aliphatic heterocycles. The van der Waals surface area contributed by atoms with Gasteiger partial charge in [-0.25, -0.2) is 4.79 Å². The average molecular weight is 505 g/mol. The summed E-state index contributed by atoms with van der Waals surface area (Å²) in [7, 11) is 0. The minimum atomic E-state index is -0.737. The molecule has 2 saturated heterocycles. The van der Waals surface area contributed by atoms with Gasteiger partial charge in [-0.15, -0.1) is 6.58 Å². The predicted octanol–water partition coefficient (Wildman–Crippen LogP) is 5.41. The second-order valence-corrected chi connectivity index (χ2v) is 9.64. The first kappa shape index (κ1) is 24.7. The summed E-state index contributed by atoms with van der Waals surface area (Å²) in [6.45, 7) is 4.39. The van der Waals surface area contributed by atoms with E-state index in [0.717, 1.165) is 10.5 Å². The van der Waals surface area contributed by atoms with E-state index in [4.69, 9.17) is 23.7 Å². The van der Waals surface area contributed by atoms with Gasteiger partial charge in [-0.05, 0) is 24.3 Å². The van der Waals surface area contributed by atoms with Crippen LogP contribution in [-0.4, -0.2) is 49.0 Å². The monoisotopic (exact) mass is 504 g/mol. The fourth-order valence-electron chi connectivity index (χ4n) is 4.31. The molecule has 4 unspecified atom stereocenters. The van der Waals surface area contributed by atoms with Crippen LogP contribution in [0.5, 0.6) is 0 Å². The third-order valence-corrected chi connectivity index (χ3v) is 7.17. The molecule has 0 aromatic heterocycles. The highest BCUT2D eigenvalue weighted by atomic mass is 32.2. The number of carbonyl (C=O) groups excluding carboxylic acids is 1. The topological polar surface area (TPSA) is 63.2 Å². The van der Waals surface area contributed by atoms with Gasteiger partial charge in [0, 0.05) is 10.5 Å². The van der Waals surface area contributed by atoms with Gasteiger partial charge < -0.3 is 23.7 Å². The molecule has 3 aromatic carbocycles. The SMILES string of the molecule is C=CCOC1C(OC(=O)c2ccccc2)[C@H](Sc2ccccc2)OC2COC(c3ccccc3)O[C@@H]21. The number of hydrogen-bond donors (Lipinski definition) is 0. The molecule has 0 radical (unpaired) electrons. The number of thioether (sulfide) groups is 1. The number of benzene rings is 3. The summed E-state index contributed by atoms with van der Waals surface area (Å²) in [6, 6.07) is 28.5. The Morgan fingerprint density at radius 1 is 0.917 bits per heavy atom. The summed E-state index contributed by atoms with van der Waals surface area (Å²) in [5, 5.41) is 0. The van der Waals surface area contributed by atoms with Crippen molar-refractivity contribution in [3.8, 4) is 0 Å². The third kappa shape index (κ3) is 5.72. The number of esters is 1. The highest BCUT2D eigenvalue weighted by molar-refractivity contribution is 7.99. The molecule has 0 aliphatic carbocycles. The van der Waals surface area contributed by atoms with Gasteiger partial charge in [0.25, 0.3) is 0 Å². The van der Waals surface area contributed by atoms with E-state index in [9.17, 15) is 4.79 Å². The van der Waals surface area contributed by atoms with Crippen LogP contribution in [0.1, 0.15) is 22.2 Å². The van der Waals surface area contributed by atoms with E-state index in [2.05, 4.69) is 6.58 Å². The van der Waals surface area contributed by atoms with Crippen LogP contribution in [0.3, 0.4) is 0 Å². The van der Waals surface area contributed by atoms with Gasteiger partial charge in [0.15, 0.2) is 12.4 Å². The molecule has 5 rings (SSSR count). The lowest BCUT2D eigenvalue weighted by molar-refractivity contribution is -0.322. The van der Waals surface area contributed by atoms with E-state index < -0.39 is 42.1 Å². The fraction of sp³-hybridized carbons (Fsp3) is 0.276. The molecule has 6 atom stereocenters. The van der Waals surface area contributed by atoms with Gasteiger partial charge in [0.2, 0.25) is 0 Å². The molecule has 186 valence electrons. The van der Waals surface area contributed by atoms with Crippen LogP contribution in [-0.2, 0) is 23.7 Å². The molecule has 2 heterocycles. The van der Waals surface area contributed by atoms with Crippen molar-refractivity contribution in [2.45, 2.75) is 41.0 Å².